The molecule has 0 amide bonds. The first kappa shape index (κ1) is 14.7. The molecule has 20 heavy (non-hydrogen) atoms. The van der Waals surface area contributed by atoms with E-state index in [1.54, 1.807) is 7.11 Å². The third-order valence-electron chi connectivity index (χ3n) is 3.20. The summed E-state index contributed by atoms with van der Waals surface area (Å²) in [4.78, 5) is 4.49. The van der Waals surface area contributed by atoms with Crippen LogP contribution in [0.4, 0.5) is 0 Å². The zero-order valence-corrected chi connectivity index (χ0v) is 11.8. The lowest BCUT2D eigenvalue weighted by molar-refractivity contribution is 0.0536. The quantitative estimate of drug-likeness (QED) is 0.419. The van der Waals surface area contributed by atoms with E-state index < -0.39 is 0 Å². The second-order valence-electron chi connectivity index (χ2n) is 4.67. The van der Waals surface area contributed by atoms with Crippen LogP contribution in [0.15, 0.2) is 6.07 Å². The summed E-state index contributed by atoms with van der Waals surface area (Å²) in [5, 5.41) is 7.62. The van der Waals surface area contributed by atoms with E-state index in [0.717, 1.165) is 25.0 Å². The molecular formula is C14H21N3O3. The minimum atomic E-state index is -0.0116. The van der Waals surface area contributed by atoms with Gasteiger partial charge in [0, 0.05) is 12.8 Å². The number of nitrogens with zero attached hydrogens (tertiary/aromatic N) is 1. The average Bonchev–Trinajstić information content (AvgIpc) is 2.88. The van der Waals surface area contributed by atoms with Crippen LogP contribution >= 0.6 is 0 Å². The van der Waals surface area contributed by atoms with Crippen molar-refractivity contribution in [3.8, 4) is 5.88 Å². The molecule has 1 aromatic rings. The number of hydrogen-bond acceptors (Lipinski definition) is 5. The minimum Gasteiger partial charge on any atom is -0.475 e. The molecule has 0 bridgehead atoms. The van der Waals surface area contributed by atoms with Gasteiger partial charge in [0.15, 0.2) is 0 Å². The predicted molar refractivity (Wildman–Crippen MR) is 75.5 cm³/mol. The maximum absolute atomic E-state index is 7.62. The van der Waals surface area contributed by atoms with Crippen molar-refractivity contribution in [1.29, 1.82) is 5.41 Å². The summed E-state index contributed by atoms with van der Waals surface area (Å²) in [6.07, 6.45) is 3.07. The largest absolute Gasteiger partial charge is 0.475 e. The van der Waals surface area contributed by atoms with Crippen molar-refractivity contribution in [2.45, 2.75) is 19.3 Å². The van der Waals surface area contributed by atoms with E-state index in [2.05, 4.69) is 4.98 Å². The van der Waals surface area contributed by atoms with Crippen molar-refractivity contribution in [2.75, 3.05) is 33.5 Å². The highest BCUT2D eigenvalue weighted by molar-refractivity contribution is 5.97. The van der Waals surface area contributed by atoms with Crippen molar-refractivity contribution in [3.63, 3.8) is 0 Å². The maximum atomic E-state index is 7.62. The van der Waals surface area contributed by atoms with Crippen LogP contribution in [0.3, 0.4) is 0 Å². The Balaban J connectivity index is 1.94. The number of nitrogens with two attached hydrogens (primary N) is 1. The van der Waals surface area contributed by atoms with Gasteiger partial charge in [0.25, 0.3) is 0 Å². The fraction of sp³-hybridized carbons (Fsp3) is 0.571. The number of aryl methyl sites for hydroxylation is 2. The second kappa shape index (κ2) is 7.21. The lowest BCUT2D eigenvalue weighted by atomic mass is 10.1. The summed E-state index contributed by atoms with van der Waals surface area (Å²) in [6, 6.07) is 1.93. The molecule has 0 atom stereocenters. The molecule has 2 rings (SSSR count). The Morgan fingerprint density at radius 1 is 1.30 bits per heavy atom. The number of fused-ring (bicyclic) bond motifs is 1. The van der Waals surface area contributed by atoms with Crippen molar-refractivity contribution in [1.82, 2.24) is 4.98 Å². The van der Waals surface area contributed by atoms with Crippen LogP contribution in [0, 0.1) is 5.41 Å². The SMILES string of the molecule is COCCOCCOc1nc2c(cc1C(=N)N)CCC2. The lowest BCUT2D eigenvalue weighted by Gasteiger charge is -2.12. The van der Waals surface area contributed by atoms with Gasteiger partial charge in [-0.3, -0.25) is 5.41 Å². The Morgan fingerprint density at radius 3 is 2.85 bits per heavy atom. The molecule has 3 N–H and O–H groups in total. The number of hydrogen-bond donors (Lipinski definition) is 2. The Hall–Kier alpha value is -1.66. The van der Waals surface area contributed by atoms with Crippen LogP contribution in [0.2, 0.25) is 0 Å². The van der Waals surface area contributed by atoms with Gasteiger partial charge in [-0.25, -0.2) is 4.98 Å². The molecular weight excluding hydrogens is 258 g/mol. The number of amidine groups is 1. The van der Waals surface area contributed by atoms with Crippen molar-refractivity contribution < 1.29 is 14.2 Å². The number of aromatic nitrogens is 1. The molecule has 0 radical (unpaired) electrons. The Kier molecular flexibility index (Phi) is 5.31. The van der Waals surface area contributed by atoms with Gasteiger partial charge in [-0.15, -0.1) is 0 Å². The second-order valence-corrected chi connectivity index (χ2v) is 4.67. The molecule has 0 spiro atoms. The molecule has 1 heterocycles. The number of ether oxygens (including phenoxy) is 3. The molecule has 110 valence electrons. The van der Waals surface area contributed by atoms with Gasteiger partial charge in [0.1, 0.15) is 12.4 Å². The van der Waals surface area contributed by atoms with E-state index in [-0.39, 0.29) is 5.84 Å². The molecule has 6 nitrogen and oxygen atoms in total. The Labute approximate surface area is 118 Å². The molecule has 1 aliphatic carbocycles. The molecule has 0 aromatic carbocycles. The maximum Gasteiger partial charge on any atom is 0.224 e. The summed E-state index contributed by atoms with van der Waals surface area (Å²) >= 11 is 0. The summed E-state index contributed by atoms with van der Waals surface area (Å²) < 4.78 is 15.8. The molecule has 1 aliphatic rings. The van der Waals surface area contributed by atoms with Gasteiger partial charge in [0.05, 0.1) is 25.4 Å². The zero-order chi connectivity index (χ0) is 14.4. The summed E-state index contributed by atoms with van der Waals surface area (Å²) in [5.41, 5.74) is 8.41. The van der Waals surface area contributed by atoms with Gasteiger partial charge >= 0.3 is 0 Å². The van der Waals surface area contributed by atoms with E-state index in [4.69, 9.17) is 25.4 Å². The molecule has 0 aliphatic heterocycles. The van der Waals surface area contributed by atoms with Crippen LogP contribution in [0.5, 0.6) is 5.88 Å². The van der Waals surface area contributed by atoms with Crippen molar-refractivity contribution in [3.05, 3.63) is 22.9 Å². The van der Waals surface area contributed by atoms with Gasteiger partial charge < -0.3 is 19.9 Å². The number of pyridine rings is 1. The average molecular weight is 279 g/mol. The minimum absolute atomic E-state index is 0.0116. The molecule has 0 saturated heterocycles. The number of rotatable bonds is 8. The van der Waals surface area contributed by atoms with E-state index in [1.807, 2.05) is 6.07 Å². The molecule has 0 fully saturated rings. The number of methoxy groups -OCH3 is 1. The Bertz CT molecular complexity index is 477. The fourth-order valence-corrected chi connectivity index (χ4v) is 2.20. The van der Waals surface area contributed by atoms with Crippen molar-refractivity contribution in [2.24, 2.45) is 5.73 Å². The first-order valence-electron chi connectivity index (χ1n) is 6.79. The first-order chi connectivity index (χ1) is 9.72. The highest BCUT2D eigenvalue weighted by Crippen LogP contribution is 2.26. The molecule has 0 saturated carbocycles. The van der Waals surface area contributed by atoms with Crippen LogP contribution in [0.25, 0.3) is 0 Å². The first-order valence-corrected chi connectivity index (χ1v) is 6.79. The highest BCUT2D eigenvalue weighted by Gasteiger charge is 2.18. The monoisotopic (exact) mass is 279 g/mol. The third-order valence-corrected chi connectivity index (χ3v) is 3.20. The van der Waals surface area contributed by atoms with Crippen molar-refractivity contribution >= 4 is 5.84 Å². The number of nitrogens with one attached hydrogen (secondary N) is 1. The number of nitrogen functional groups attached to an aromatic ring is 1. The van der Waals surface area contributed by atoms with E-state index in [9.17, 15) is 0 Å². The summed E-state index contributed by atoms with van der Waals surface area (Å²) in [5.74, 6) is 0.427. The van der Waals surface area contributed by atoms with Crippen LogP contribution in [0.1, 0.15) is 23.2 Å². The molecule has 0 unspecified atom stereocenters. The molecule has 1 aromatic heterocycles. The third kappa shape index (κ3) is 3.68. The molecule has 6 heteroatoms. The zero-order valence-electron chi connectivity index (χ0n) is 11.8. The van der Waals surface area contributed by atoms with Crippen LogP contribution in [-0.2, 0) is 22.3 Å². The van der Waals surface area contributed by atoms with E-state index in [1.165, 1.54) is 5.56 Å². The predicted octanol–water partition coefficient (Wildman–Crippen LogP) is 0.896. The van der Waals surface area contributed by atoms with Gasteiger partial charge in [0.2, 0.25) is 5.88 Å². The highest BCUT2D eigenvalue weighted by atomic mass is 16.5. The van der Waals surface area contributed by atoms with Crippen LogP contribution < -0.4 is 10.5 Å². The van der Waals surface area contributed by atoms with Gasteiger partial charge in [-0.1, -0.05) is 0 Å². The van der Waals surface area contributed by atoms with Gasteiger partial charge in [-0.05, 0) is 30.9 Å². The fourth-order valence-electron chi connectivity index (χ4n) is 2.20. The standard InChI is InChI=1S/C14H21N3O3/c1-18-5-6-19-7-8-20-14-11(13(15)16)9-10-3-2-4-12(10)17-14/h9H,2-8H2,1H3,(H3,15,16). The normalized spacial score (nSPS) is 13.2. The topological polar surface area (TPSA) is 90.5 Å². The summed E-state index contributed by atoms with van der Waals surface area (Å²) in [7, 11) is 1.63. The van der Waals surface area contributed by atoms with Gasteiger partial charge in [-0.2, -0.15) is 0 Å². The van der Waals surface area contributed by atoms with E-state index in [0.29, 0.717) is 37.9 Å². The lowest BCUT2D eigenvalue weighted by Crippen LogP contribution is -2.17. The smallest absolute Gasteiger partial charge is 0.224 e. The van der Waals surface area contributed by atoms with E-state index >= 15 is 0 Å². The Morgan fingerprint density at radius 2 is 2.10 bits per heavy atom. The summed E-state index contributed by atoms with van der Waals surface area (Å²) in [6.45, 7) is 1.95. The van der Waals surface area contributed by atoms with Crippen LogP contribution in [-0.4, -0.2) is 44.4 Å².